The van der Waals surface area contributed by atoms with E-state index in [1.54, 1.807) is 13.8 Å². The Balaban J connectivity index is 2.44. The van der Waals surface area contributed by atoms with E-state index in [4.69, 9.17) is 0 Å². The first-order chi connectivity index (χ1) is 7.33. The van der Waals surface area contributed by atoms with Gasteiger partial charge in [-0.2, -0.15) is 8.78 Å². The van der Waals surface area contributed by atoms with Gasteiger partial charge in [0.25, 0.3) is 0 Å². The number of thiazole rings is 1. The van der Waals surface area contributed by atoms with E-state index in [0.717, 1.165) is 15.6 Å². The third-order valence-electron chi connectivity index (χ3n) is 1.97. The van der Waals surface area contributed by atoms with Crippen LogP contribution in [0.3, 0.4) is 0 Å². The molecule has 0 aromatic carbocycles. The highest BCUT2D eigenvalue weighted by Gasteiger charge is 2.40. The summed E-state index contributed by atoms with van der Waals surface area (Å²) >= 11 is 1.37. The minimum atomic E-state index is -3.98. The van der Waals surface area contributed by atoms with Gasteiger partial charge in [-0.3, -0.25) is 0 Å². The van der Waals surface area contributed by atoms with E-state index in [1.807, 2.05) is 0 Å². The molecule has 92 valence electrons. The molecule has 0 radical (unpaired) electrons. The van der Waals surface area contributed by atoms with Crippen molar-refractivity contribution in [3.8, 4) is 0 Å². The number of rotatable bonds is 5. The highest BCUT2D eigenvalue weighted by atomic mass is 32.1. The van der Waals surface area contributed by atoms with Crippen LogP contribution in [-0.2, 0) is 6.54 Å². The molecule has 16 heavy (non-hydrogen) atoms. The number of nitrogens with one attached hydrogen (secondary N) is 1. The highest BCUT2D eigenvalue weighted by Crippen LogP contribution is 2.22. The topological polar surface area (TPSA) is 24.9 Å². The van der Waals surface area contributed by atoms with Crippen LogP contribution in [0.15, 0.2) is 0 Å². The lowest BCUT2D eigenvalue weighted by Crippen LogP contribution is -2.38. The van der Waals surface area contributed by atoms with Crippen LogP contribution in [0.2, 0.25) is 0 Å². The van der Waals surface area contributed by atoms with Gasteiger partial charge in [0.1, 0.15) is 0 Å². The third-order valence-corrected chi connectivity index (χ3v) is 3.04. The van der Waals surface area contributed by atoms with E-state index in [-0.39, 0.29) is 6.54 Å². The van der Waals surface area contributed by atoms with Crippen molar-refractivity contribution in [1.29, 1.82) is 0 Å². The summed E-state index contributed by atoms with van der Waals surface area (Å²) in [6, 6.07) is 0. The maximum Gasteiger partial charge on any atom is 0.319 e. The van der Waals surface area contributed by atoms with Crippen molar-refractivity contribution in [2.24, 2.45) is 0 Å². The molecule has 0 aliphatic heterocycles. The van der Waals surface area contributed by atoms with E-state index < -0.39 is 18.9 Å². The van der Waals surface area contributed by atoms with E-state index in [0.29, 0.717) is 0 Å². The first-order valence-electron chi connectivity index (χ1n) is 4.62. The molecule has 0 fully saturated rings. The van der Waals surface area contributed by atoms with Crippen LogP contribution in [0, 0.1) is 13.8 Å². The first-order valence-corrected chi connectivity index (χ1v) is 5.44. The molecule has 0 saturated heterocycles. The van der Waals surface area contributed by atoms with Crippen LogP contribution in [0.25, 0.3) is 0 Å². The first kappa shape index (κ1) is 13.4. The van der Waals surface area contributed by atoms with Gasteiger partial charge in [0.05, 0.1) is 17.2 Å². The fourth-order valence-electron chi connectivity index (χ4n) is 1.16. The van der Waals surface area contributed by atoms with Gasteiger partial charge < -0.3 is 5.32 Å². The van der Waals surface area contributed by atoms with Crippen LogP contribution >= 0.6 is 11.3 Å². The molecule has 0 bridgehead atoms. The van der Waals surface area contributed by atoms with Crippen LogP contribution in [0.4, 0.5) is 17.6 Å². The van der Waals surface area contributed by atoms with Crippen molar-refractivity contribution >= 4 is 11.3 Å². The van der Waals surface area contributed by atoms with Gasteiger partial charge in [0.15, 0.2) is 0 Å². The summed E-state index contributed by atoms with van der Waals surface area (Å²) in [6.07, 6.45) is -3.63. The van der Waals surface area contributed by atoms with E-state index >= 15 is 0 Å². The zero-order valence-corrected chi connectivity index (χ0v) is 9.68. The lowest BCUT2D eigenvalue weighted by Gasteiger charge is -2.15. The summed E-state index contributed by atoms with van der Waals surface area (Å²) in [4.78, 5) is 4.90. The number of aromatic nitrogens is 1. The molecule has 0 spiro atoms. The quantitative estimate of drug-likeness (QED) is 0.819. The minimum Gasteiger partial charge on any atom is -0.306 e. The number of halogens is 4. The molecule has 1 rings (SSSR count). The fraction of sp³-hybridized carbons (Fsp3) is 0.667. The molecule has 0 amide bonds. The number of alkyl halides is 4. The Bertz CT molecular complexity index is 351. The molecule has 0 aliphatic carbocycles. The number of hydrogen-bond donors (Lipinski definition) is 1. The van der Waals surface area contributed by atoms with Crippen molar-refractivity contribution in [3.05, 3.63) is 15.6 Å². The van der Waals surface area contributed by atoms with Crippen LogP contribution in [-0.4, -0.2) is 23.9 Å². The van der Waals surface area contributed by atoms with Gasteiger partial charge in [-0.05, 0) is 13.8 Å². The van der Waals surface area contributed by atoms with Crippen molar-refractivity contribution in [1.82, 2.24) is 10.3 Å². The predicted molar refractivity (Wildman–Crippen MR) is 54.2 cm³/mol. The molecule has 0 aliphatic rings. The zero-order valence-electron chi connectivity index (χ0n) is 8.86. The van der Waals surface area contributed by atoms with Crippen LogP contribution in [0.1, 0.15) is 15.6 Å². The van der Waals surface area contributed by atoms with E-state index in [1.165, 1.54) is 11.3 Å². The Morgan fingerprint density at radius 1 is 1.38 bits per heavy atom. The summed E-state index contributed by atoms with van der Waals surface area (Å²) in [7, 11) is 0. The molecule has 1 N–H and O–H groups in total. The van der Waals surface area contributed by atoms with Crippen molar-refractivity contribution < 1.29 is 17.6 Å². The van der Waals surface area contributed by atoms with Crippen molar-refractivity contribution in [2.75, 3.05) is 6.54 Å². The van der Waals surface area contributed by atoms with Gasteiger partial charge in [0, 0.05) is 11.4 Å². The Labute approximate surface area is 94.7 Å². The lowest BCUT2D eigenvalue weighted by atomic mass is 10.3. The van der Waals surface area contributed by atoms with E-state index in [2.05, 4.69) is 10.3 Å². The maximum atomic E-state index is 12.5. The largest absolute Gasteiger partial charge is 0.319 e. The molecular formula is C9H12F4N2S. The Morgan fingerprint density at radius 2 is 2.00 bits per heavy atom. The standard InChI is InChI=1S/C9H12F4N2S/c1-5-7(16-6(2)15-5)3-14-4-9(12,13)8(10)11/h8,14H,3-4H2,1-2H3. The molecule has 2 nitrogen and oxygen atoms in total. The van der Waals surface area contributed by atoms with Gasteiger partial charge in [0.2, 0.25) is 0 Å². The number of aryl methyl sites for hydroxylation is 2. The van der Waals surface area contributed by atoms with Crippen LogP contribution < -0.4 is 5.32 Å². The number of hydrogen-bond acceptors (Lipinski definition) is 3. The average molecular weight is 256 g/mol. The van der Waals surface area contributed by atoms with Crippen LogP contribution in [0.5, 0.6) is 0 Å². The smallest absolute Gasteiger partial charge is 0.306 e. The van der Waals surface area contributed by atoms with Crippen molar-refractivity contribution in [2.45, 2.75) is 32.7 Å². The molecule has 1 aromatic rings. The van der Waals surface area contributed by atoms with Gasteiger partial charge in [-0.25, -0.2) is 13.8 Å². The lowest BCUT2D eigenvalue weighted by molar-refractivity contribution is -0.125. The summed E-state index contributed by atoms with van der Waals surface area (Å²) in [5, 5.41) is 3.15. The minimum absolute atomic E-state index is 0.139. The molecule has 0 atom stereocenters. The van der Waals surface area contributed by atoms with E-state index in [9.17, 15) is 17.6 Å². The summed E-state index contributed by atoms with van der Waals surface area (Å²) in [6.45, 7) is 2.67. The molecule has 7 heteroatoms. The molecule has 0 saturated carbocycles. The summed E-state index contributed by atoms with van der Waals surface area (Å²) in [5.74, 6) is -3.98. The van der Waals surface area contributed by atoms with Gasteiger partial charge in [-0.1, -0.05) is 0 Å². The van der Waals surface area contributed by atoms with Gasteiger partial charge in [-0.15, -0.1) is 11.3 Å². The second-order valence-corrected chi connectivity index (χ2v) is 4.69. The monoisotopic (exact) mass is 256 g/mol. The molecule has 1 heterocycles. The molecular weight excluding hydrogens is 244 g/mol. The summed E-state index contributed by atoms with van der Waals surface area (Å²) in [5.41, 5.74) is 0.746. The van der Waals surface area contributed by atoms with Crippen molar-refractivity contribution in [3.63, 3.8) is 0 Å². The Hall–Kier alpha value is -0.690. The Kier molecular flexibility index (Phi) is 4.26. The predicted octanol–water partition coefficient (Wildman–Crippen LogP) is 2.75. The molecule has 0 unspecified atom stereocenters. The third kappa shape index (κ3) is 3.41. The second kappa shape index (κ2) is 5.09. The SMILES string of the molecule is Cc1nc(C)c(CNCC(F)(F)C(F)F)s1. The Morgan fingerprint density at radius 3 is 2.44 bits per heavy atom. The summed E-state index contributed by atoms with van der Waals surface area (Å²) < 4.78 is 48.7. The fourth-order valence-corrected chi connectivity index (χ4v) is 2.06. The molecule has 1 aromatic heterocycles. The number of nitrogens with zero attached hydrogens (tertiary/aromatic N) is 1. The highest BCUT2D eigenvalue weighted by molar-refractivity contribution is 7.11. The second-order valence-electron chi connectivity index (χ2n) is 3.41. The normalized spacial score (nSPS) is 12.4. The average Bonchev–Trinajstić information content (AvgIpc) is 2.44. The van der Waals surface area contributed by atoms with Gasteiger partial charge >= 0.3 is 12.3 Å². The maximum absolute atomic E-state index is 12.5. The zero-order chi connectivity index (χ0) is 12.3.